The second-order valence-corrected chi connectivity index (χ2v) is 9.52. The normalized spacial score (nSPS) is 47.2. The second kappa shape index (κ2) is 5.41. The molecule has 0 aromatic rings. The predicted octanol–water partition coefficient (Wildman–Crippen LogP) is 3.76. The van der Waals surface area contributed by atoms with Gasteiger partial charge in [0.25, 0.3) is 0 Å². The van der Waals surface area contributed by atoms with Gasteiger partial charge in [-0.25, -0.2) is 9.78 Å². The van der Waals surface area contributed by atoms with E-state index in [1.807, 2.05) is 6.92 Å². The number of methoxy groups -OCH3 is 1. The Hall–Kier alpha value is -1.20. The highest BCUT2D eigenvalue weighted by Gasteiger charge is 2.71. The van der Waals surface area contributed by atoms with E-state index in [0.717, 1.165) is 37.7 Å². The summed E-state index contributed by atoms with van der Waals surface area (Å²) in [6.07, 6.45) is 6.64. The first-order valence-corrected chi connectivity index (χ1v) is 9.87. The Labute approximate surface area is 155 Å². The fourth-order valence-corrected chi connectivity index (χ4v) is 6.37. The van der Waals surface area contributed by atoms with Crippen LogP contribution in [0.15, 0.2) is 11.6 Å². The van der Waals surface area contributed by atoms with Crippen LogP contribution in [-0.4, -0.2) is 30.1 Å². The van der Waals surface area contributed by atoms with Crippen LogP contribution in [-0.2, 0) is 24.1 Å². The maximum Gasteiger partial charge on any atom is 0.311 e. The lowest BCUT2D eigenvalue weighted by molar-refractivity contribution is -0.462. The highest BCUT2D eigenvalue weighted by molar-refractivity contribution is 6.00. The smallest absolute Gasteiger partial charge is 0.311 e. The molecule has 2 saturated carbocycles. The molecule has 5 aliphatic rings. The molecule has 0 aromatic heterocycles. The number of carbonyl (C=O) groups is 2. The maximum atomic E-state index is 13.2. The van der Waals surface area contributed by atoms with Crippen LogP contribution in [0, 0.1) is 22.7 Å². The van der Waals surface area contributed by atoms with Crippen LogP contribution in [0.2, 0.25) is 0 Å². The number of esters is 1. The van der Waals surface area contributed by atoms with Crippen molar-refractivity contribution < 1.29 is 24.1 Å². The lowest BCUT2D eigenvalue weighted by Gasteiger charge is -2.65. The summed E-state index contributed by atoms with van der Waals surface area (Å²) in [6.45, 7) is 8.36. The highest BCUT2D eigenvalue weighted by Crippen LogP contribution is 2.68. The Morgan fingerprint density at radius 2 is 1.92 bits per heavy atom. The highest BCUT2D eigenvalue weighted by atomic mass is 17.2. The van der Waals surface area contributed by atoms with Crippen molar-refractivity contribution in [2.24, 2.45) is 22.7 Å². The van der Waals surface area contributed by atoms with E-state index in [4.69, 9.17) is 14.5 Å². The van der Waals surface area contributed by atoms with Gasteiger partial charge in [0.05, 0.1) is 12.5 Å². The summed E-state index contributed by atoms with van der Waals surface area (Å²) in [4.78, 5) is 38.0. The number of fused-ring (bicyclic) bond motifs is 3. The number of ketones is 1. The molecule has 3 aliphatic carbocycles. The van der Waals surface area contributed by atoms with E-state index in [-0.39, 0.29) is 29.0 Å². The molecule has 5 nitrogen and oxygen atoms in total. The Balaban J connectivity index is 1.85. The summed E-state index contributed by atoms with van der Waals surface area (Å²) >= 11 is 0. The van der Waals surface area contributed by atoms with Gasteiger partial charge in [-0.3, -0.25) is 9.59 Å². The fraction of sp³-hybridized carbons (Fsp3) is 0.810. The Bertz CT molecular complexity index is 685. The molecule has 3 fully saturated rings. The quantitative estimate of drug-likeness (QED) is 0.553. The van der Waals surface area contributed by atoms with Crippen molar-refractivity contribution >= 4 is 11.8 Å². The molecule has 0 N–H and O–H groups in total. The van der Waals surface area contributed by atoms with E-state index in [9.17, 15) is 9.59 Å². The van der Waals surface area contributed by atoms with Crippen LogP contribution < -0.4 is 0 Å². The van der Waals surface area contributed by atoms with Crippen molar-refractivity contribution in [2.45, 2.75) is 77.4 Å². The van der Waals surface area contributed by atoms with E-state index in [1.54, 1.807) is 0 Å². The molecule has 5 rings (SSSR count). The summed E-state index contributed by atoms with van der Waals surface area (Å²) in [5.41, 5.74) is -1.44. The molecular weight excluding hydrogens is 332 g/mol. The van der Waals surface area contributed by atoms with Gasteiger partial charge in [0.1, 0.15) is 11.2 Å². The van der Waals surface area contributed by atoms with E-state index in [1.165, 1.54) is 7.11 Å². The fourth-order valence-electron chi connectivity index (χ4n) is 6.37. The van der Waals surface area contributed by atoms with E-state index < -0.39 is 16.6 Å². The van der Waals surface area contributed by atoms with Gasteiger partial charge in [-0.1, -0.05) is 27.2 Å². The first kappa shape index (κ1) is 18.2. The molecule has 0 unspecified atom stereocenters. The summed E-state index contributed by atoms with van der Waals surface area (Å²) in [5.74, 6) is 0.0269. The van der Waals surface area contributed by atoms with Crippen LogP contribution in [0.5, 0.6) is 0 Å². The number of carbonyl (C=O) groups excluding carboxylic acids is 2. The van der Waals surface area contributed by atoms with Gasteiger partial charge in [0.15, 0.2) is 5.78 Å². The number of Topliss-reactive ketones (excluding diaryl/α,β-unsaturated/α-hetero) is 1. The minimum Gasteiger partial charge on any atom is -0.469 e. The second-order valence-electron chi connectivity index (χ2n) is 9.52. The zero-order valence-corrected chi connectivity index (χ0v) is 16.5. The maximum absolute atomic E-state index is 13.2. The Kier molecular flexibility index (Phi) is 3.79. The molecule has 26 heavy (non-hydrogen) atoms. The summed E-state index contributed by atoms with van der Waals surface area (Å²) < 4.78 is 5.14. The molecule has 0 radical (unpaired) electrons. The van der Waals surface area contributed by atoms with Gasteiger partial charge < -0.3 is 4.74 Å². The van der Waals surface area contributed by atoms with E-state index >= 15 is 0 Å². The molecule has 144 valence electrons. The number of rotatable bonds is 2. The Morgan fingerprint density at radius 1 is 1.19 bits per heavy atom. The van der Waals surface area contributed by atoms with Gasteiger partial charge in [-0.05, 0) is 50.5 Å². The monoisotopic (exact) mass is 362 g/mol. The third-order valence-electron chi connectivity index (χ3n) is 8.20. The van der Waals surface area contributed by atoms with Gasteiger partial charge >= 0.3 is 5.97 Å². The van der Waals surface area contributed by atoms with Crippen molar-refractivity contribution in [1.29, 1.82) is 0 Å². The largest absolute Gasteiger partial charge is 0.469 e. The lowest BCUT2D eigenvalue weighted by Crippen LogP contribution is -2.69. The van der Waals surface area contributed by atoms with Crippen LogP contribution in [0.4, 0.5) is 0 Å². The van der Waals surface area contributed by atoms with Crippen LogP contribution >= 0.6 is 0 Å². The van der Waals surface area contributed by atoms with Crippen LogP contribution in [0.1, 0.15) is 66.2 Å². The first-order chi connectivity index (χ1) is 12.2. The summed E-state index contributed by atoms with van der Waals surface area (Å²) in [7, 11) is 1.44. The molecule has 5 heteroatoms. The number of ether oxygens (including phenoxy) is 1. The van der Waals surface area contributed by atoms with Crippen molar-refractivity contribution in [3.63, 3.8) is 0 Å². The van der Waals surface area contributed by atoms with Crippen molar-refractivity contribution in [3.8, 4) is 0 Å². The minimum atomic E-state index is -0.737. The number of hydrogen-bond acceptors (Lipinski definition) is 5. The van der Waals surface area contributed by atoms with Gasteiger partial charge in [0, 0.05) is 17.4 Å². The van der Waals surface area contributed by atoms with Gasteiger partial charge in [0.2, 0.25) is 0 Å². The SMILES string of the molecule is COC(=O)[C@]1(C)CCC[C@@]2(C)[C@H]1CC(=O)C1=C[C@@]3(C(C)C)CC[C@]12OO3. The van der Waals surface area contributed by atoms with Crippen molar-refractivity contribution in [2.75, 3.05) is 7.11 Å². The van der Waals surface area contributed by atoms with Crippen molar-refractivity contribution in [1.82, 2.24) is 0 Å². The molecular formula is C21H30O5. The van der Waals surface area contributed by atoms with E-state index in [2.05, 4.69) is 26.8 Å². The molecule has 1 saturated heterocycles. The molecule has 0 amide bonds. The third kappa shape index (κ3) is 1.94. The lowest BCUT2D eigenvalue weighted by atomic mass is 9.43. The molecule has 0 aromatic carbocycles. The van der Waals surface area contributed by atoms with Gasteiger partial charge in [-0.2, -0.15) is 0 Å². The standard InChI is InChI=1S/C21H30O5/c1-13(2)20-9-10-21(26-25-20)14(12-20)15(22)11-16-18(3,17(23)24-5)7-6-8-19(16,21)4/h12-13,16H,6-11H2,1-5H3/t16-,18+,19-,20+,21-/m0/s1. The minimum absolute atomic E-state index is 0.103. The molecule has 2 heterocycles. The van der Waals surface area contributed by atoms with Crippen LogP contribution in [0.3, 0.4) is 0 Å². The summed E-state index contributed by atoms with van der Waals surface area (Å²) in [5, 5.41) is 0. The number of hydrogen-bond donors (Lipinski definition) is 0. The average Bonchev–Trinajstić information content (AvgIpc) is 2.64. The molecule has 5 atom stereocenters. The van der Waals surface area contributed by atoms with E-state index in [0.29, 0.717) is 6.42 Å². The molecule has 2 bridgehead atoms. The van der Waals surface area contributed by atoms with Crippen molar-refractivity contribution in [3.05, 3.63) is 11.6 Å². The first-order valence-electron chi connectivity index (χ1n) is 9.87. The molecule has 1 spiro atoms. The topological polar surface area (TPSA) is 61.8 Å². The van der Waals surface area contributed by atoms with Gasteiger partial charge in [-0.15, -0.1) is 0 Å². The summed E-state index contributed by atoms with van der Waals surface area (Å²) in [6, 6.07) is 0. The zero-order chi connectivity index (χ0) is 19.0. The average molecular weight is 362 g/mol. The molecule has 2 aliphatic heterocycles. The third-order valence-corrected chi connectivity index (χ3v) is 8.20. The predicted molar refractivity (Wildman–Crippen MR) is 95.0 cm³/mol. The zero-order valence-electron chi connectivity index (χ0n) is 16.5. The van der Waals surface area contributed by atoms with Crippen LogP contribution in [0.25, 0.3) is 0 Å². The Morgan fingerprint density at radius 3 is 2.50 bits per heavy atom.